The van der Waals surface area contributed by atoms with Gasteiger partial charge in [0.05, 0.1) is 0 Å². The van der Waals surface area contributed by atoms with E-state index in [-0.39, 0.29) is 0 Å². The summed E-state index contributed by atoms with van der Waals surface area (Å²) in [5.74, 6) is 2.31. The van der Waals surface area contributed by atoms with Crippen molar-refractivity contribution in [1.29, 1.82) is 0 Å². The van der Waals surface area contributed by atoms with Gasteiger partial charge >= 0.3 is 0 Å². The Bertz CT molecular complexity index is 579. The van der Waals surface area contributed by atoms with E-state index in [4.69, 9.17) is 0 Å². The number of aromatic hydroxyl groups is 1. The lowest BCUT2D eigenvalue weighted by Crippen LogP contribution is -2.58. The Hall–Kier alpha value is -1.02. The van der Waals surface area contributed by atoms with E-state index in [1.807, 2.05) is 6.07 Å². The molecule has 2 bridgehead atoms. The highest BCUT2D eigenvalue weighted by Crippen LogP contribution is 2.58. The van der Waals surface area contributed by atoms with E-state index in [9.17, 15) is 5.11 Å². The molecule has 1 aliphatic heterocycles. The Balaban J connectivity index is 1.58. The molecule has 0 spiro atoms. The van der Waals surface area contributed by atoms with Crippen molar-refractivity contribution in [3.05, 3.63) is 29.3 Å². The first-order valence-electron chi connectivity index (χ1n) is 8.83. The summed E-state index contributed by atoms with van der Waals surface area (Å²) in [5.41, 5.74) is 3.43. The minimum absolute atomic E-state index is 0.400. The summed E-state index contributed by atoms with van der Waals surface area (Å²) in [6, 6.07) is 6.97. The van der Waals surface area contributed by atoms with Crippen LogP contribution in [0.5, 0.6) is 5.75 Å². The quantitative estimate of drug-likeness (QED) is 0.898. The van der Waals surface area contributed by atoms with Gasteiger partial charge in [0.25, 0.3) is 0 Å². The standard InChI is InChI=1S/C19H25NO/c21-15-6-5-14-10-18-16-2-1-7-19(16,17(14)11-15)8-9-20(18)12-13-3-4-13/h5-6,11,13,16,18,21H,1-4,7-10,12H2/t16-,18+,19+/m0/s1. The fraction of sp³-hybridized carbons (Fsp3) is 0.684. The molecule has 3 aliphatic carbocycles. The van der Waals surface area contributed by atoms with Crippen molar-refractivity contribution in [3.63, 3.8) is 0 Å². The van der Waals surface area contributed by atoms with Gasteiger partial charge in [-0.2, -0.15) is 0 Å². The number of fused-ring (bicyclic) bond motifs is 1. The van der Waals surface area contributed by atoms with Crippen LogP contribution in [0.15, 0.2) is 18.2 Å². The molecule has 1 aromatic rings. The van der Waals surface area contributed by atoms with Gasteiger partial charge in [-0.15, -0.1) is 0 Å². The molecule has 21 heavy (non-hydrogen) atoms. The molecule has 1 heterocycles. The number of likely N-dealkylation sites (tertiary alicyclic amines) is 1. The van der Waals surface area contributed by atoms with Crippen LogP contribution in [0.4, 0.5) is 0 Å². The lowest BCUT2D eigenvalue weighted by atomic mass is 9.59. The van der Waals surface area contributed by atoms with Crippen molar-refractivity contribution < 1.29 is 5.11 Å². The fourth-order valence-electron chi connectivity index (χ4n) is 5.76. The van der Waals surface area contributed by atoms with Gasteiger partial charge in [-0.05, 0) is 80.2 Å². The van der Waals surface area contributed by atoms with Crippen molar-refractivity contribution >= 4 is 0 Å². The number of hydrogen-bond donors (Lipinski definition) is 1. The highest BCUT2D eigenvalue weighted by atomic mass is 16.3. The fourth-order valence-corrected chi connectivity index (χ4v) is 5.76. The molecule has 4 aliphatic rings. The number of hydrogen-bond acceptors (Lipinski definition) is 2. The molecule has 3 fully saturated rings. The van der Waals surface area contributed by atoms with Crippen LogP contribution in [-0.4, -0.2) is 29.1 Å². The van der Waals surface area contributed by atoms with Gasteiger partial charge in [0.15, 0.2) is 0 Å². The molecule has 0 aromatic heterocycles. The van der Waals surface area contributed by atoms with E-state index in [0.717, 1.165) is 17.9 Å². The highest BCUT2D eigenvalue weighted by Gasteiger charge is 2.55. The van der Waals surface area contributed by atoms with Crippen molar-refractivity contribution in [3.8, 4) is 5.75 Å². The number of piperidine rings is 1. The second-order valence-electron chi connectivity index (χ2n) is 7.96. The predicted molar refractivity (Wildman–Crippen MR) is 83.5 cm³/mol. The molecular formula is C19H25NO. The lowest BCUT2D eigenvalue weighted by Gasteiger charge is -2.54. The summed E-state index contributed by atoms with van der Waals surface area (Å²) in [4.78, 5) is 2.84. The SMILES string of the molecule is Oc1ccc2c(c1)[C@@]13CCC[C@H]1[C@@H](C2)N(CC1CC1)CC3. The van der Waals surface area contributed by atoms with Crippen LogP contribution in [0.1, 0.15) is 49.7 Å². The number of nitrogens with zero attached hydrogens (tertiary/aromatic N) is 1. The highest BCUT2D eigenvalue weighted by molar-refractivity contribution is 5.45. The molecule has 1 N–H and O–H groups in total. The minimum atomic E-state index is 0.400. The van der Waals surface area contributed by atoms with Crippen LogP contribution in [0, 0.1) is 11.8 Å². The first kappa shape index (κ1) is 12.5. The summed E-state index contributed by atoms with van der Waals surface area (Å²) >= 11 is 0. The molecule has 5 rings (SSSR count). The smallest absolute Gasteiger partial charge is 0.115 e. The maximum Gasteiger partial charge on any atom is 0.115 e. The number of rotatable bonds is 2. The monoisotopic (exact) mass is 283 g/mol. The molecule has 2 heteroatoms. The summed E-state index contributed by atoms with van der Waals surface area (Å²) in [6.07, 6.45) is 9.59. The summed E-state index contributed by atoms with van der Waals surface area (Å²) in [7, 11) is 0. The maximum absolute atomic E-state index is 9.97. The van der Waals surface area contributed by atoms with Crippen molar-refractivity contribution in [1.82, 2.24) is 4.90 Å². The molecule has 1 saturated heterocycles. The number of phenols is 1. The molecule has 2 saturated carbocycles. The van der Waals surface area contributed by atoms with Crippen LogP contribution >= 0.6 is 0 Å². The zero-order valence-electron chi connectivity index (χ0n) is 12.7. The van der Waals surface area contributed by atoms with E-state index in [1.54, 1.807) is 0 Å². The third kappa shape index (κ3) is 1.75. The minimum Gasteiger partial charge on any atom is -0.508 e. The first-order chi connectivity index (χ1) is 10.3. The van der Waals surface area contributed by atoms with Crippen LogP contribution < -0.4 is 0 Å². The molecule has 112 valence electrons. The maximum atomic E-state index is 9.97. The van der Waals surface area contributed by atoms with Gasteiger partial charge in [-0.3, -0.25) is 4.90 Å². The van der Waals surface area contributed by atoms with Gasteiger partial charge in [-0.25, -0.2) is 0 Å². The van der Waals surface area contributed by atoms with E-state index in [1.165, 1.54) is 69.2 Å². The zero-order chi connectivity index (χ0) is 14.0. The Morgan fingerprint density at radius 3 is 2.95 bits per heavy atom. The van der Waals surface area contributed by atoms with Crippen LogP contribution in [0.25, 0.3) is 0 Å². The third-order valence-electron chi connectivity index (χ3n) is 6.87. The van der Waals surface area contributed by atoms with E-state index in [2.05, 4.69) is 17.0 Å². The zero-order valence-corrected chi connectivity index (χ0v) is 12.7. The molecule has 1 aromatic carbocycles. The van der Waals surface area contributed by atoms with Gasteiger partial charge in [0.1, 0.15) is 5.75 Å². The Kier molecular flexibility index (Phi) is 2.54. The summed E-state index contributed by atoms with van der Waals surface area (Å²) < 4.78 is 0. The molecule has 0 amide bonds. The lowest BCUT2D eigenvalue weighted by molar-refractivity contribution is 0.0282. The van der Waals surface area contributed by atoms with Crippen LogP contribution in [0.2, 0.25) is 0 Å². The summed E-state index contributed by atoms with van der Waals surface area (Å²) in [6.45, 7) is 2.64. The first-order valence-corrected chi connectivity index (χ1v) is 8.83. The van der Waals surface area contributed by atoms with Crippen LogP contribution in [-0.2, 0) is 11.8 Å². The normalized spacial score (nSPS) is 38.1. The van der Waals surface area contributed by atoms with E-state index in [0.29, 0.717) is 11.2 Å². The third-order valence-corrected chi connectivity index (χ3v) is 6.87. The molecule has 2 nitrogen and oxygen atoms in total. The number of benzene rings is 1. The average Bonchev–Trinajstić information content (AvgIpc) is 3.17. The van der Waals surface area contributed by atoms with E-state index < -0.39 is 0 Å². The van der Waals surface area contributed by atoms with Gasteiger partial charge < -0.3 is 5.11 Å². The van der Waals surface area contributed by atoms with Crippen LogP contribution in [0.3, 0.4) is 0 Å². The van der Waals surface area contributed by atoms with Crippen molar-refractivity contribution in [2.45, 2.75) is 56.4 Å². The number of phenolic OH excluding ortho intramolecular Hbond substituents is 1. The van der Waals surface area contributed by atoms with Gasteiger partial charge in [0.2, 0.25) is 0 Å². The van der Waals surface area contributed by atoms with Gasteiger partial charge in [0, 0.05) is 18.0 Å². The second kappa shape index (κ2) is 4.25. The molecule has 3 atom stereocenters. The molecule has 0 unspecified atom stereocenters. The Morgan fingerprint density at radius 2 is 2.10 bits per heavy atom. The predicted octanol–water partition coefficient (Wildman–Crippen LogP) is 3.47. The largest absolute Gasteiger partial charge is 0.508 e. The van der Waals surface area contributed by atoms with Gasteiger partial charge in [-0.1, -0.05) is 12.5 Å². The summed E-state index contributed by atoms with van der Waals surface area (Å²) in [5, 5.41) is 9.97. The topological polar surface area (TPSA) is 23.5 Å². The van der Waals surface area contributed by atoms with E-state index >= 15 is 0 Å². The molecular weight excluding hydrogens is 258 g/mol. The van der Waals surface area contributed by atoms with Crippen molar-refractivity contribution in [2.24, 2.45) is 11.8 Å². The Labute approximate surface area is 127 Å². The average molecular weight is 283 g/mol. The molecule has 0 radical (unpaired) electrons. The second-order valence-corrected chi connectivity index (χ2v) is 7.96. The Morgan fingerprint density at radius 1 is 1.19 bits per heavy atom. The van der Waals surface area contributed by atoms with Crippen molar-refractivity contribution in [2.75, 3.05) is 13.1 Å².